The molecular weight excluding hydrogens is 326 g/mol. The maximum atomic E-state index is 12.1. The lowest BCUT2D eigenvalue weighted by Crippen LogP contribution is -2.48. The fraction of sp³-hybridized carbons (Fsp3) is 0.118. The Morgan fingerprint density at radius 1 is 1.38 bits per heavy atom. The van der Waals surface area contributed by atoms with Crippen LogP contribution in [0, 0.1) is 11.3 Å². The van der Waals surface area contributed by atoms with Crippen LogP contribution in [0.25, 0.3) is 10.4 Å². The van der Waals surface area contributed by atoms with Crippen molar-refractivity contribution in [3.05, 3.63) is 58.6 Å². The number of amides is 3. The molecule has 3 amide bonds. The van der Waals surface area contributed by atoms with E-state index in [1.807, 2.05) is 47.8 Å². The van der Waals surface area contributed by atoms with Crippen molar-refractivity contribution in [3.8, 4) is 16.5 Å². The molecule has 0 fully saturated rings. The van der Waals surface area contributed by atoms with Crippen LogP contribution in [-0.2, 0) is 0 Å². The number of thiophene rings is 1. The van der Waals surface area contributed by atoms with Gasteiger partial charge in [0, 0.05) is 10.6 Å². The van der Waals surface area contributed by atoms with Crippen LogP contribution in [0.4, 0.5) is 9.59 Å². The van der Waals surface area contributed by atoms with Crippen LogP contribution in [0.15, 0.2) is 53.0 Å². The van der Waals surface area contributed by atoms with E-state index in [-0.39, 0.29) is 11.3 Å². The molecule has 0 saturated carbocycles. The number of hydrogen-bond acceptors (Lipinski definition) is 4. The maximum absolute atomic E-state index is 12.1. The predicted molar refractivity (Wildman–Crippen MR) is 89.2 cm³/mol. The first kappa shape index (κ1) is 15.8. The summed E-state index contributed by atoms with van der Waals surface area (Å²) >= 11 is 1.59. The van der Waals surface area contributed by atoms with Gasteiger partial charge in [-0.15, -0.1) is 11.3 Å². The molecule has 0 saturated heterocycles. The third-order valence-corrected chi connectivity index (χ3v) is 4.74. The monoisotopic (exact) mass is 339 g/mol. The van der Waals surface area contributed by atoms with E-state index in [0.29, 0.717) is 4.90 Å². The van der Waals surface area contributed by atoms with Gasteiger partial charge in [-0.1, -0.05) is 24.3 Å². The lowest BCUT2D eigenvalue weighted by atomic mass is 9.94. The molecule has 2 heterocycles. The lowest BCUT2D eigenvalue weighted by molar-refractivity contribution is 0.155. The fourth-order valence-electron chi connectivity index (χ4n) is 2.68. The van der Waals surface area contributed by atoms with Gasteiger partial charge in [0.05, 0.1) is 17.7 Å². The van der Waals surface area contributed by atoms with E-state index < -0.39 is 18.2 Å². The minimum atomic E-state index is -1.41. The number of carboxylic acid groups (broad SMARTS) is 1. The molecular formula is C17H13N3O3S. The topological polar surface area (TPSA) is 93.4 Å². The molecule has 1 aliphatic rings. The lowest BCUT2D eigenvalue weighted by Gasteiger charge is -2.31. The highest BCUT2D eigenvalue weighted by atomic mass is 32.1. The molecule has 1 aromatic heterocycles. The van der Waals surface area contributed by atoms with Crippen molar-refractivity contribution in [2.75, 3.05) is 0 Å². The Morgan fingerprint density at radius 2 is 2.17 bits per heavy atom. The van der Waals surface area contributed by atoms with Crippen LogP contribution in [0.3, 0.4) is 0 Å². The van der Waals surface area contributed by atoms with Crippen LogP contribution in [0.1, 0.15) is 18.5 Å². The molecule has 0 spiro atoms. The number of urea groups is 1. The summed E-state index contributed by atoms with van der Waals surface area (Å²) < 4.78 is 0. The van der Waals surface area contributed by atoms with Gasteiger partial charge in [-0.2, -0.15) is 5.26 Å². The van der Waals surface area contributed by atoms with Gasteiger partial charge in [-0.05, 0) is 35.6 Å². The van der Waals surface area contributed by atoms with Crippen LogP contribution in [-0.4, -0.2) is 22.1 Å². The van der Waals surface area contributed by atoms with E-state index in [2.05, 4.69) is 5.32 Å². The number of rotatable bonds is 2. The third-order valence-electron chi connectivity index (χ3n) is 3.82. The number of carbonyl (C=O) groups is 2. The highest BCUT2D eigenvalue weighted by molar-refractivity contribution is 7.13. The second kappa shape index (κ2) is 6.18. The average Bonchev–Trinajstić information content (AvgIpc) is 3.08. The zero-order valence-electron chi connectivity index (χ0n) is 12.7. The van der Waals surface area contributed by atoms with Crippen molar-refractivity contribution < 1.29 is 14.7 Å². The Kier molecular flexibility index (Phi) is 4.06. The normalized spacial score (nSPS) is 17.4. The van der Waals surface area contributed by atoms with E-state index in [4.69, 9.17) is 5.11 Å². The number of benzene rings is 1. The maximum Gasteiger partial charge on any atom is 0.419 e. The number of allylic oxidation sites excluding steroid dienone is 1. The smallest absolute Gasteiger partial charge is 0.419 e. The van der Waals surface area contributed by atoms with Crippen molar-refractivity contribution in [2.45, 2.75) is 13.0 Å². The number of carbonyl (C=O) groups excluding carboxylic acids is 1. The Labute approximate surface area is 142 Å². The SMILES string of the molecule is CC1=C(C#N)C(c2cccc(-c3cccs3)c2)NC(=O)N1C(=O)O. The highest BCUT2D eigenvalue weighted by Crippen LogP contribution is 2.33. The molecule has 1 atom stereocenters. The van der Waals surface area contributed by atoms with Gasteiger partial charge in [0.15, 0.2) is 0 Å². The summed E-state index contributed by atoms with van der Waals surface area (Å²) in [6.45, 7) is 1.46. The average molecular weight is 339 g/mol. The summed E-state index contributed by atoms with van der Waals surface area (Å²) in [4.78, 5) is 24.9. The van der Waals surface area contributed by atoms with E-state index in [9.17, 15) is 14.9 Å². The first-order chi connectivity index (χ1) is 11.5. The van der Waals surface area contributed by atoms with Gasteiger partial charge in [0.2, 0.25) is 0 Å². The van der Waals surface area contributed by atoms with Crippen LogP contribution in [0.5, 0.6) is 0 Å². The summed E-state index contributed by atoms with van der Waals surface area (Å²) in [6, 6.07) is 12.0. The third kappa shape index (κ3) is 2.64. The van der Waals surface area contributed by atoms with E-state index in [1.165, 1.54) is 6.92 Å². The Balaban J connectivity index is 2.07. The molecule has 7 heteroatoms. The molecule has 2 N–H and O–H groups in total. The standard InChI is InChI=1S/C17H13N3O3S/c1-10-13(9-18)15(19-16(21)20(10)17(22)23)12-5-2-4-11(8-12)14-6-3-7-24-14/h2-8,15H,1H3,(H,19,21)(H,22,23). The molecule has 1 aromatic carbocycles. The minimum Gasteiger partial charge on any atom is -0.464 e. The van der Waals surface area contributed by atoms with Gasteiger partial charge >= 0.3 is 12.1 Å². The summed E-state index contributed by atoms with van der Waals surface area (Å²) in [6.07, 6.45) is -1.41. The quantitative estimate of drug-likeness (QED) is 0.866. The first-order valence-corrected chi connectivity index (χ1v) is 7.99. The van der Waals surface area contributed by atoms with E-state index in [1.54, 1.807) is 11.3 Å². The molecule has 0 aliphatic carbocycles. The number of imide groups is 1. The van der Waals surface area contributed by atoms with Crippen molar-refractivity contribution >= 4 is 23.5 Å². The Morgan fingerprint density at radius 3 is 2.79 bits per heavy atom. The van der Waals surface area contributed by atoms with Crippen molar-refractivity contribution in [1.82, 2.24) is 10.2 Å². The van der Waals surface area contributed by atoms with Crippen LogP contribution in [0.2, 0.25) is 0 Å². The summed E-state index contributed by atoms with van der Waals surface area (Å²) in [5.41, 5.74) is 2.04. The zero-order chi connectivity index (χ0) is 17.3. The molecule has 0 bridgehead atoms. The van der Waals surface area contributed by atoms with Crippen molar-refractivity contribution in [3.63, 3.8) is 0 Å². The summed E-state index contributed by atoms with van der Waals surface area (Å²) in [5.74, 6) is 0. The molecule has 2 aromatic rings. The number of nitrogens with zero attached hydrogens (tertiary/aromatic N) is 2. The Hall–Kier alpha value is -3.11. The van der Waals surface area contributed by atoms with E-state index in [0.717, 1.165) is 16.0 Å². The van der Waals surface area contributed by atoms with Gasteiger partial charge in [0.1, 0.15) is 0 Å². The second-order valence-corrected chi connectivity index (χ2v) is 6.16. The molecule has 3 rings (SSSR count). The van der Waals surface area contributed by atoms with Crippen LogP contribution >= 0.6 is 11.3 Å². The molecule has 1 unspecified atom stereocenters. The summed E-state index contributed by atoms with van der Waals surface area (Å²) in [5, 5.41) is 23.2. The second-order valence-electron chi connectivity index (χ2n) is 5.21. The van der Waals surface area contributed by atoms with Gasteiger partial charge in [-0.25, -0.2) is 14.5 Å². The molecule has 6 nitrogen and oxygen atoms in total. The molecule has 120 valence electrons. The molecule has 24 heavy (non-hydrogen) atoms. The number of nitriles is 1. The number of hydrogen-bond donors (Lipinski definition) is 2. The summed E-state index contributed by atoms with van der Waals surface area (Å²) in [7, 11) is 0. The molecule has 1 aliphatic heterocycles. The Bertz CT molecular complexity index is 881. The zero-order valence-corrected chi connectivity index (χ0v) is 13.5. The van der Waals surface area contributed by atoms with Crippen LogP contribution < -0.4 is 5.32 Å². The van der Waals surface area contributed by atoms with Gasteiger partial charge < -0.3 is 10.4 Å². The minimum absolute atomic E-state index is 0.125. The predicted octanol–water partition coefficient (Wildman–Crippen LogP) is 3.96. The van der Waals surface area contributed by atoms with E-state index >= 15 is 0 Å². The highest BCUT2D eigenvalue weighted by Gasteiger charge is 2.35. The van der Waals surface area contributed by atoms with Gasteiger partial charge in [-0.3, -0.25) is 0 Å². The van der Waals surface area contributed by atoms with Crippen molar-refractivity contribution in [1.29, 1.82) is 5.26 Å². The first-order valence-electron chi connectivity index (χ1n) is 7.11. The van der Waals surface area contributed by atoms with Gasteiger partial charge in [0.25, 0.3) is 0 Å². The van der Waals surface area contributed by atoms with Crippen molar-refractivity contribution in [2.24, 2.45) is 0 Å². The fourth-order valence-corrected chi connectivity index (χ4v) is 3.41. The largest absolute Gasteiger partial charge is 0.464 e. The molecule has 0 radical (unpaired) electrons. The number of nitrogens with one attached hydrogen (secondary N) is 1.